The Bertz CT molecular complexity index is 1050. The minimum Gasteiger partial charge on any atom is -0.485 e. The van der Waals surface area contributed by atoms with Gasteiger partial charge in [-0.1, -0.05) is 30.0 Å². The van der Waals surface area contributed by atoms with Gasteiger partial charge in [-0.2, -0.15) is 0 Å². The van der Waals surface area contributed by atoms with Gasteiger partial charge in [0.05, 0.1) is 5.75 Å². The summed E-state index contributed by atoms with van der Waals surface area (Å²) in [7, 11) is 0. The Balaban J connectivity index is 1.60. The van der Waals surface area contributed by atoms with Gasteiger partial charge in [0.25, 0.3) is 0 Å². The van der Waals surface area contributed by atoms with Crippen molar-refractivity contribution < 1.29 is 9.53 Å². The van der Waals surface area contributed by atoms with E-state index in [4.69, 9.17) is 4.74 Å². The summed E-state index contributed by atoms with van der Waals surface area (Å²) in [6, 6.07) is 11.9. The van der Waals surface area contributed by atoms with Gasteiger partial charge < -0.3 is 14.6 Å². The lowest BCUT2D eigenvalue weighted by Crippen LogP contribution is -2.15. The van der Waals surface area contributed by atoms with Crippen LogP contribution in [0.1, 0.15) is 35.0 Å². The van der Waals surface area contributed by atoms with Gasteiger partial charge >= 0.3 is 0 Å². The monoisotopic (exact) mass is 424 g/mol. The molecule has 0 saturated heterocycles. The van der Waals surface area contributed by atoms with Crippen LogP contribution < -0.4 is 10.1 Å². The van der Waals surface area contributed by atoms with Gasteiger partial charge in [-0.3, -0.25) is 4.79 Å². The highest BCUT2D eigenvalue weighted by Gasteiger charge is 2.14. The van der Waals surface area contributed by atoms with Gasteiger partial charge in [0.15, 0.2) is 11.0 Å². The van der Waals surface area contributed by atoms with Gasteiger partial charge in [0, 0.05) is 12.2 Å². The lowest BCUT2D eigenvalue weighted by molar-refractivity contribution is -0.113. The Morgan fingerprint density at radius 1 is 1.07 bits per heavy atom. The number of benzene rings is 2. The Labute approximate surface area is 182 Å². The second kappa shape index (κ2) is 9.80. The van der Waals surface area contributed by atoms with E-state index in [1.165, 1.54) is 22.9 Å². The van der Waals surface area contributed by atoms with Crippen molar-refractivity contribution in [2.24, 2.45) is 0 Å². The van der Waals surface area contributed by atoms with E-state index in [1.807, 2.05) is 55.7 Å². The summed E-state index contributed by atoms with van der Waals surface area (Å²) in [6.45, 7) is 11.3. The summed E-state index contributed by atoms with van der Waals surface area (Å²) in [5.41, 5.74) is 5.48. The SMILES string of the molecule is CCn1c(COc2cccc(C)c2C)nnc1SCC(=O)Nc1ccc(C)c(C)c1. The molecule has 0 aliphatic rings. The Morgan fingerprint density at radius 3 is 2.60 bits per heavy atom. The number of ether oxygens (including phenoxy) is 1. The van der Waals surface area contributed by atoms with Gasteiger partial charge in [-0.25, -0.2) is 0 Å². The summed E-state index contributed by atoms with van der Waals surface area (Å²) < 4.78 is 7.96. The molecule has 0 saturated carbocycles. The summed E-state index contributed by atoms with van der Waals surface area (Å²) in [4.78, 5) is 12.4. The van der Waals surface area contributed by atoms with Crippen molar-refractivity contribution in [1.29, 1.82) is 0 Å². The zero-order chi connectivity index (χ0) is 21.7. The van der Waals surface area contributed by atoms with E-state index >= 15 is 0 Å². The van der Waals surface area contributed by atoms with Gasteiger partial charge in [-0.15, -0.1) is 10.2 Å². The molecule has 0 aliphatic carbocycles. The number of hydrogen-bond acceptors (Lipinski definition) is 5. The maximum atomic E-state index is 12.4. The van der Waals surface area contributed by atoms with Crippen LogP contribution in [0.5, 0.6) is 5.75 Å². The summed E-state index contributed by atoms with van der Waals surface area (Å²) in [5.74, 6) is 1.79. The molecule has 2 aromatic carbocycles. The number of amides is 1. The van der Waals surface area contributed by atoms with Crippen molar-refractivity contribution in [3.63, 3.8) is 0 Å². The van der Waals surface area contributed by atoms with Gasteiger partial charge in [0.1, 0.15) is 12.4 Å². The number of anilines is 1. The van der Waals surface area contributed by atoms with E-state index in [9.17, 15) is 4.79 Å². The van der Waals surface area contributed by atoms with Crippen molar-refractivity contribution in [1.82, 2.24) is 14.8 Å². The van der Waals surface area contributed by atoms with Crippen molar-refractivity contribution in [2.45, 2.75) is 52.9 Å². The first-order chi connectivity index (χ1) is 14.4. The fourth-order valence-corrected chi connectivity index (χ4v) is 3.84. The second-order valence-corrected chi connectivity index (χ2v) is 8.21. The highest BCUT2D eigenvalue weighted by atomic mass is 32.2. The highest BCUT2D eigenvalue weighted by molar-refractivity contribution is 7.99. The molecule has 158 valence electrons. The molecule has 0 bridgehead atoms. The van der Waals surface area contributed by atoms with Crippen molar-refractivity contribution in [2.75, 3.05) is 11.1 Å². The number of nitrogens with one attached hydrogen (secondary N) is 1. The normalized spacial score (nSPS) is 10.8. The fraction of sp³-hybridized carbons (Fsp3) is 0.348. The predicted molar refractivity (Wildman–Crippen MR) is 121 cm³/mol. The van der Waals surface area contributed by atoms with Crippen LogP contribution in [0.3, 0.4) is 0 Å². The number of hydrogen-bond donors (Lipinski definition) is 1. The van der Waals surface area contributed by atoms with E-state index < -0.39 is 0 Å². The maximum absolute atomic E-state index is 12.4. The summed E-state index contributed by atoms with van der Waals surface area (Å²) in [6.07, 6.45) is 0. The summed E-state index contributed by atoms with van der Waals surface area (Å²) >= 11 is 1.38. The van der Waals surface area contributed by atoms with Crippen LogP contribution in [0.2, 0.25) is 0 Å². The lowest BCUT2D eigenvalue weighted by atomic mass is 10.1. The molecule has 30 heavy (non-hydrogen) atoms. The third-order valence-corrected chi connectivity index (χ3v) is 6.11. The fourth-order valence-electron chi connectivity index (χ4n) is 3.02. The molecule has 0 unspecified atom stereocenters. The van der Waals surface area contributed by atoms with Crippen LogP contribution in [0.15, 0.2) is 41.6 Å². The Kier molecular flexibility index (Phi) is 7.15. The molecule has 7 heteroatoms. The van der Waals surface area contributed by atoms with Gasteiger partial charge in [-0.05, 0) is 75.1 Å². The highest BCUT2D eigenvalue weighted by Crippen LogP contribution is 2.23. The smallest absolute Gasteiger partial charge is 0.234 e. The van der Waals surface area contributed by atoms with E-state index in [0.717, 1.165) is 28.4 Å². The molecule has 6 nitrogen and oxygen atoms in total. The van der Waals surface area contributed by atoms with Crippen LogP contribution in [0.25, 0.3) is 0 Å². The van der Waals surface area contributed by atoms with Gasteiger partial charge in [0.2, 0.25) is 5.91 Å². The minimum absolute atomic E-state index is 0.0675. The average molecular weight is 425 g/mol. The molecule has 0 fully saturated rings. The molecule has 3 aromatic rings. The van der Waals surface area contributed by atoms with E-state index in [0.29, 0.717) is 18.3 Å². The van der Waals surface area contributed by atoms with Crippen molar-refractivity contribution >= 4 is 23.4 Å². The number of carbonyl (C=O) groups is 1. The first kappa shape index (κ1) is 21.9. The summed E-state index contributed by atoms with van der Waals surface area (Å²) in [5, 5.41) is 12.2. The average Bonchev–Trinajstić information content (AvgIpc) is 3.12. The van der Waals surface area contributed by atoms with E-state index in [-0.39, 0.29) is 11.7 Å². The third-order valence-electron chi connectivity index (χ3n) is 5.14. The number of carbonyl (C=O) groups excluding carboxylic acids is 1. The molecule has 1 N–H and O–H groups in total. The van der Waals surface area contributed by atoms with Crippen molar-refractivity contribution in [3.8, 4) is 5.75 Å². The van der Waals surface area contributed by atoms with Crippen LogP contribution in [0.4, 0.5) is 5.69 Å². The molecule has 3 rings (SSSR count). The number of thioether (sulfide) groups is 1. The topological polar surface area (TPSA) is 69.0 Å². The molecule has 1 amide bonds. The first-order valence-electron chi connectivity index (χ1n) is 10.00. The largest absolute Gasteiger partial charge is 0.485 e. The molecule has 0 aliphatic heterocycles. The molecular formula is C23H28N4O2S. The van der Waals surface area contributed by atoms with Crippen LogP contribution in [-0.4, -0.2) is 26.4 Å². The zero-order valence-corrected chi connectivity index (χ0v) is 19.0. The van der Waals surface area contributed by atoms with Crippen LogP contribution in [-0.2, 0) is 17.9 Å². The Hall–Kier alpha value is -2.80. The Morgan fingerprint density at radius 2 is 1.87 bits per heavy atom. The molecule has 0 atom stereocenters. The third kappa shape index (κ3) is 5.21. The zero-order valence-electron chi connectivity index (χ0n) is 18.2. The van der Waals surface area contributed by atoms with E-state index in [2.05, 4.69) is 35.4 Å². The number of rotatable bonds is 8. The molecule has 0 spiro atoms. The van der Waals surface area contributed by atoms with Crippen LogP contribution >= 0.6 is 11.8 Å². The maximum Gasteiger partial charge on any atom is 0.234 e. The molecule has 1 aromatic heterocycles. The quantitative estimate of drug-likeness (QED) is 0.524. The van der Waals surface area contributed by atoms with Crippen LogP contribution in [0, 0.1) is 27.7 Å². The van der Waals surface area contributed by atoms with Crippen molar-refractivity contribution in [3.05, 3.63) is 64.5 Å². The lowest BCUT2D eigenvalue weighted by Gasteiger charge is -2.12. The molecule has 0 radical (unpaired) electrons. The first-order valence-corrected chi connectivity index (χ1v) is 11.0. The molecular weight excluding hydrogens is 396 g/mol. The van der Waals surface area contributed by atoms with E-state index in [1.54, 1.807) is 0 Å². The number of nitrogens with zero attached hydrogens (tertiary/aromatic N) is 3. The standard InChI is InChI=1S/C23H28N4O2S/c1-6-27-21(13-29-20-9-7-8-16(3)18(20)5)25-26-23(27)30-14-22(28)24-19-11-10-15(2)17(4)12-19/h7-12H,6,13-14H2,1-5H3,(H,24,28). The number of aryl methyl sites for hydroxylation is 3. The second-order valence-electron chi connectivity index (χ2n) is 7.27. The predicted octanol–water partition coefficient (Wildman–Crippen LogP) is 4.84. The molecule has 1 heterocycles. The minimum atomic E-state index is -0.0675. The number of aromatic nitrogens is 3.